The quantitative estimate of drug-likeness (QED) is 0.853. The van der Waals surface area contributed by atoms with Gasteiger partial charge in [-0.15, -0.1) is 0 Å². The van der Waals surface area contributed by atoms with E-state index in [1.807, 2.05) is 25.4 Å². The summed E-state index contributed by atoms with van der Waals surface area (Å²) in [6.45, 7) is 10.9. The van der Waals surface area contributed by atoms with Gasteiger partial charge in [0.25, 0.3) is 0 Å². The normalized spacial score (nSPS) is 19.8. The summed E-state index contributed by atoms with van der Waals surface area (Å²) in [4.78, 5) is 15.6. The Labute approximate surface area is 167 Å². The molecular formula is C22H30N4O2. The molecule has 2 fully saturated rings. The van der Waals surface area contributed by atoms with E-state index in [1.165, 1.54) is 0 Å². The molecule has 6 heteroatoms. The molecule has 4 rings (SSSR count). The third-order valence-electron chi connectivity index (χ3n) is 5.99. The maximum atomic E-state index is 10.8. The number of ether oxygens (including phenoxy) is 1. The Morgan fingerprint density at radius 3 is 2.50 bits per heavy atom. The summed E-state index contributed by atoms with van der Waals surface area (Å²) in [6, 6.07) is 1.84. The minimum atomic E-state index is -0.510. The largest absolute Gasteiger partial charge is 0.493 e. The van der Waals surface area contributed by atoms with Crippen molar-refractivity contribution in [2.75, 3.05) is 24.6 Å². The van der Waals surface area contributed by atoms with Gasteiger partial charge in [-0.2, -0.15) is 0 Å². The molecule has 2 aromatic rings. The van der Waals surface area contributed by atoms with Crippen molar-refractivity contribution < 1.29 is 9.84 Å². The standard InChI is InChI=1S/C22H30N4O2/c1-5-28-18-6-7-23-12-17(18)19(27)15-8-22(9-15)13-26(14-22)16-10-24-20(25-11-16)21(2,3)4/h6-7,10-12,15,19,27H,5,8-9,13-14H2,1-4H3. The highest BCUT2D eigenvalue weighted by molar-refractivity contribution is 5.47. The van der Waals surface area contributed by atoms with Crippen LogP contribution in [-0.4, -0.2) is 39.8 Å². The molecule has 0 radical (unpaired) electrons. The third-order valence-corrected chi connectivity index (χ3v) is 5.99. The van der Waals surface area contributed by atoms with E-state index < -0.39 is 6.10 Å². The van der Waals surface area contributed by atoms with Crippen molar-refractivity contribution in [1.29, 1.82) is 0 Å². The van der Waals surface area contributed by atoms with E-state index >= 15 is 0 Å². The molecule has 0 aromatic carbocycles. The topological polar surface area (TPSA) is 71.4 Å². The van der Waals surface area contributed by atoms with Crippen LogP contribution in [0.2, 0.25) is 0 Å². The van der Waals surface area contributed by atoms with E-state index in [4.69, 9.17) is 4.74 Å². The lowest BCUT2D eigenvalue weighted by Gasteiger charge is -2.60. The number of rotatable bonds is 5. The molecule has 1 N–H and O–H groups in total. The molecule has 2 aromatic heterocycles. The molecule has 1 spiro atoms. The van der Waals surface area contributed by atoms with Gasteiger partial charge in [-0.3, -0.25) is 4.98 Å². The number of aliphatic hydroxyl groups excluding tert-OH is 1. The first kappa shape index (κ1) is 19.1. The Hall–Kier alpha value is -2.21. The van der Waals surface area contributed by atoms with Crippen LogP contribution in [0.3, 0.4) is 0 Å². The zero-order chi connectivity index (χ0) is 19.9. The third kappa shape index (κ3) is 3.46. The number of pyridine rings is 1. The van der Waals surface area contributed by atoms with Crippen molar-refractivity contribution in [3.63, 3.8) is 0 Å². The van der Waals surface area contributed by atoms with Crippen LogP contribution in [0.1, 0.15) is 58.0 Å². The Morgan fingerprint density at radius 2 is 1.89 bits per heavy atom. The second-order valence-electron chi connectivity index (χ2n) is 9.33. The van der Waals surface area contributed by atoms with Gasteiger partial charge in [0.1, 0.15) is 11.6 Å². The van der Waals surface area contributed by atoms with Gasteiger partial charge in [0, 0.05) is 41.9 Å². The van der Waals surface area contributed by atoms with E-state index in [0.717, 1.165) is 48.8 Å². The summed E-state index contributed by atoms with van der Waals surface area (Å²) < 4.78 is 5.66. The average Bonchev–Trinajstić information content (AvgIpc) is 2.59. The van der Waals surface area contributed by atoms with Crippen LogP contribution >= 0.6 is 0 Å². The Morgan fingerprint density at radius 1 is 1.21 bits per heavy atom. The van der Waals surface area contributed by atoms with Gasteiger partial charge in [-0.05, 0) is 31.7 Å². The Kier molecular flexibility index (Phi) is 4.78. The van der Waals surface area contributed by atoms with Gasteiger partial charge in [-0.25, -0.2) is 9.97 Å². The first-order valence-electron chi connectivity index (χ1n) is 10.1. The summed E-state index contributed by atoms with van der Waals surface area (Å²) in [6.07, 6.45) is 8.88. The average molecular weight is 383 g/mol. The lowest BCUT2D eigenvalue weighted by Crippen LogP contribution is -2.63. The first-order valence-corrected chi connectivity index (χ1v) is 10.1. The van der Waals surface area contributed by atoms with Crippen LogP contribution in [0.25, 0.3) is 0 Å². The highest BCUT2D eigenvalue weighted by Gasteiger charge is 2.54. The van der Waals surface area contributed by atoms with Crippen LogP contribution in [0.15, 0.2) is 30.9 Å². The fourth-order valence-corrected chi connectivity index (χ4v) is 4.51. The van der Waals surface area contributed by atoms with E-state index in [9.17, 15) is 5.11 Å². The highest BCUT2D eigenvalue weighted by atomic mass is 16.5. The van der Waals surface area contributed by atoms with Gasteiger partial charge >= 0.3 is 0 Å². The van der Waals surface area contributed by atoms with Crippen molar-refractivity contribution in [3.8, 4) is 5.75 Å². The van der Waals surface area contributed by atoms with Crippen LogP contribution < -0.4 is 9.64 Å². The van der Waals surface area contributed by atoms with Crippen molar-refractivity contribution in [3.05, 3.63) is 42.2 Å². The smallest absolute Gasteiger partial charge is 0.133 e. The highest BCUT2D eigenvalue weighted by Crippen LogP contribution is 2.56. The Balaban J connectivity index is 1.34. The monoisotopic (exact) mass is 382 g/mol. The lowest BCUT2D eigenvalue weighted by molar-refractivity contribution is -0.0517. The minimum absolute atomic E-state index is 0.0291. The molecular weight excluding hydrogens is 352 g/mol. The molecule has 1 saturated heterocycles. The van der Waals surface area contributed by atoms with Crippen molar-refractivity contribution >= 4 is 5.69 Å². The fraction of sp³-hybridized carbons (Fsp3) is 0.591. The van der Waals surface area contributed by atoms with Crippen LogP contribution in [0.4, 0.5) is 5.69 Å². The second-order valence-corrected chi connectivity index (χ2v) is 9.33. The molecule has 28 heavy (non-hydrogen) atoms. The summed E-state index contributed by atoms with van der Waals surface area (Å²) >= 11 is 0. The molecule has 1 aliphatic heterocycles. The van der Waals surface area contributed by atoms with Crippen molar-refractivity contribution in [2.45, 2.75) is 52.1 Å². The van der Waals surface area contributed by atoms with Crippen molar-refractivity contribution in [2.24, 2.45) is 11.3 Å². The summed E-state index contributed by atoms with van der Waals surface area (Å²) in [5.41, 5.74) is 2.20. The number of hydrogen-bond acceptors (Lipinski definition) is 6. The molecule has 1 saturated carbocycles. The summed E-state index contributed by atoms with van der Waals surface area (Å²) in [5, 5.41) is 10.8. The summed E-state index contributed by atoms with van der Waals surface area (Å²) in [5.74, 6) is 1.89. The molecule has 1 unspecified atom stereocenters. The van der Waals surface area contributed by atoms with Gasteiger partial charge in [-0.1, -0.05) is 20.8 Å². The molecule has 0 amide bonds. The minimum Gasteiger partial charge on any atom is -0.493 e. The number of aromatic nitrogens is 3. The molecule has 1 atom stereocenters. The Bertz CT molecular complexity index is 817. The van der Waals surface area contributed by atoms with Crippen LogP contribution in [-0.2, 0) is 5.41 Å². The van der Waals surface area contributed by atoms with Gasteiger partial charge in [0.2, 0.25) is 0 Å². The maximum Gasteiger partial charge on any atom is 0.133 e. The number of nitrogens with zero attached hydrogens (tertiary/aromatic N) is 4. The number of hydrogen-bond donors (Lipinski definition) is 1. The van der Waals surface area contributed by atoms with Crippen molar-refractivity contribution in [1.82, 2.24) is 15.0 Å². The lowest BCUT2D eigenvalue weighted by atomic mass is 9.56. The number of aliphatic hydroxyl groups is 1. The van der Waals surface area contributed by atoms with Crippen LogP contribution in [0.5, 0.6) is 5.75 Å². The van der Waals surface area contributed by atoms with E-state index in [2.05, 4.69) is 40.6 Å². The van der Waals surface area contributed by atoms with E-state index in [1.54, 1.807) is 12.4 Å². The molecule has 2 aliphatic rings. The zero-order valence-electron chi connectivity index (χ0n) is 17.2. The first-order chi connectivity index (χ1) is 13.3. The number of anilines is 1. The van der Waals surface area contributed by atoms with E-state index in [-0.39, 0.29) is 11.3 Å². The van der Waals surface area contributed by atoms with Gasteiger partial charge in [0.05, 0.1) is 30.8 Å². The maximum absolute atomic E-state index is 10.8. The molecule has 3 heterocycles. The SMILES string of the molecule is CCOc1ccncc1C(O)C1CC2(C1)CN(c1cnc(C(C)(C)C)nc1)C2. The van der Waals surface area contributed by atoms with Crippen LogP contribution in [0, 0.1) is 11.3 Å². The van der Waals surface area contributed by atoms with Gasteiger partial charge in [0.15, 0.2) is 0 Å². The predicted molar refractivity (Wildman–Crippen MR) is 108 cm³/mol. The fourth-order valence-electron chi connectivity index (χ4n) is 4.51. The molecule has 1 aliphatic carbocycles. The molecule has 6 nitrogen and oxygen atoms in total. The van der Waals surface area contributed by atoms with Gasteiger partial charge < -0.3 is 14.7 Å². The summed E-state index contributed by atoms with van der Waals surface area (Å²) in [7, 11) is 0. The molecule has 150 valence electrons. The second kappa shape index (κ2) is 6.99. The predicted octanol–water partition coefficient (Wildman–Crippen LogP) is 3.52. The molecule has 0 bridgehead atoms. The van der Waals surface area contributed by atoms with E-state index in [0.29, 0.717) is 12.0 Å². The zero-order valence-corrected chi connectivity index (χ0v) is 17.2.